The Bertz CT molecular complexity index is 284. The van der Waals surface area contributed by atoms with E-state index in [-0.39, 0.29) is 5.69 Å². The van der Waals surface area contributed by atoms with Crippen LogP contribution < -0.4 is 0 Å². The van der Waals surface area contributed by atoms with E-state index in [4.69, 9.17) is 0 Å². The van der Waals surface area contributed by atoms with Gasteiger partial charge in [0.15, 0.2) is 0 Å². The van der Waals surface area contributed by atoms with E-state index in [1.54, 1.807) is 18.2 Å². The van der Waals surface area contributed by atoms with Gasteiger partial charge in [-0.2, -0.15) is 0 Å². The van der Waals surface area contributed by atoms with Crippen molar-refractivity contribution in [3.8, 4) is 0 Å². The minimum absolute atomic E-state index is 0.137. The maximum atomic E-state index is 10.0. The average Bonchev–Trinajstić information content (AvgIpc) is 2.03. The van der Waals surface area contributed by atoms with Gasteiger partial charge in [0.2, 0.25) is 0 Å². The van der Waals surface area contributed by atoms with Crippen molar-refractivity contribution >= 4 is 12.9 Å². The van der Waals surface area contributed by atoms with Crippen molar-refractivity contribution in [1.29, 1.82) is 0 Å². The Morgan fingerprint density at radius 1 is 1.07 bits per heavy atom. The number of non-ortho nitro benzene ring substituents is 1. The van der Waals surface area contributed by atoms with Crippen molar-refractivity contribution in [3.63, 3.8) is 0 Å². The molecule has 1 aromatic rings. The number of hydrogen-bond donors (Lipinski definition) is 0. The molecule has 0 atom stereocenters. The normalized spacial score (nSPS) is 10.0. The zero-order chi connectivity index (χ0) is 11.2. The monoisotopic (exact) mass is 210 g/mol. The molecule has 0 saturated carbocycles. The number of nitro groups is 1. The van der Waals surface area contributed by atoms with Crippen LogP contribution in [0.5, 0.6) is 0 Å². The Balaban J connectivity index is 0.000000292. The second kappa shape index (κ2) is 5.20. The number of halogens is 4. The van der Waals surface area contributed by atoms with Gasteiger partial charge in [-0.1, -0.05) is 18.2 Å². The van der Waals surface area contributed by atoms with Crippen molar-refractivity contribution in [2.75, 3.05) is 0 Å². The maximum Gasteiger partial charge on any atom is 0.673 e. The molecule has 78 valence electrons. The lowest BCUT2D eigenvalue weighted by Gasteiger charge is -1.94. The molecule has 0 amide bonds. The Hall–Kier alpha value is -1.60. The molecule has 0 unspecified atom stereocenters. The molecular formula is C6H5BF4NO2-. The number of benzene rings is 1. The number of rotatable bonds is 1. The molecule has 0 radical (unpaired) electrons. The van der Waals surface area contributed by atoms with Gasteiger partial charge in [0.05, 0.1) is 4.92 Å². The molecule has 0 aliphatic heterocycles. The number of hydrogen-bond acceptors (Lipinski definition) is 2. The van der Waals surface area contributed by atoms with Gasteiger partial charge in [-0.25, -0.2) is 0 Å². The van der Waals surface area contributed by atoms with Gasteiger partial charge in [0, 0.05) is 12.1 Å². The molecule has 0 bridgehead atoms. The molecule has 0 aliphatic carbocycles. The summed E-state index contributed by atoms with van der Waals surface area (Å²) in [6.45, 7) is 0. The highest BCUT2D eigenvalue weighted by Gasteiger charge is 2.20. The van der Waals surface area contributed by atoms with E-state index >= 15 is 0 Å². The van der Waals surface area contributed by atoms with Crippen LogP contribution in [0.3, 0.4) is 0 Å². The topological polar surface area (TPSA) is 43.1 Å². The fourth-order valence-corrected chi connectivity index (χ4v) is 0.550. The fourth-order valence-electron chi connectivity index (χ4n) is 0.550. The van der Waals surface area contributed by atoms with Crippen molar-refractivity contribution < 1.29 is 22.2 Å². The zero-order valence-corrected chi connectivity index (χ0v) is 6.74. The maximum absolute atomic E-state index is 10.0. The molecule has 14 heavy (non-hydrogen) atoms. The van der Waals surface area contributed by atoms with Gasteiger partial charge < -0.3 is 17.3 Å². The predicted molar refractivity (Wildman–Crippen MR) is 43.3 cm³/mol. The quantitative estimate of drug-likeness (QED) is 0.309. The van der Waals surface area contributed by atoms with Crippen molar-refractivity contribution in [2.24, 2.45) is 0 Å². The highest BCUT2D eigenvalue weighted by atomic mass is 19.5. The van der Waals surface area contributed by atoms with E-state index in [1.165, 1.54) is 12.1 Å². The first-order valence-electron chi connectivity index (χ1n) is 3.37. The van der Waals surface area contributed by atoms with E-state index in [2.05, 4.69) is 0 Å². The van der Waals surface area contributed by atoms with Crippen LogP contribution in [-0.4, -0.2) is 12.2 Å². The molecular weight excluding hydrogens is 205 g/mol. The number of para-hydroxylation sites is 1. The van der Waals surface area contributed by atoms with Crippen LogP contribution in [0.4, 0.5) is 23.0 Å². The highest BCUT2D eigenvalue weighted by molar-refractivity contribution is 6.50. The summed E-state index contributed by atoms with van der Waals surface area (Å²) in [6.07, 6.45) is 0. The third-order valence-electron chi connectivity index (χ3n) is 0.967. The molecule has 0 aromatic heterocycles. The molecule has 1 rings (SSSR count). The lowest BCUT2D eigenvalue weighted by molar-refractivity contribution is -0.384. The van der Waals surface area contributed by atoms with E-state index in [0.29, 0.717) is 0 Å². The van der Waals surface area contributed by atoms with Crippen molar-refractivity contribution in [2.45, 2.75) is 0 Å². The summed E-state index contributed by atoms with van der Waals surface area (Å²) in [5.74, 6) is 0. The number of nitro benzene ring substituents is 1. The van der Waals surface area contributed by atoms with E-state index in [9.17, 15) is 27.4 Å². The predicted octanol–water partition coefficient (Wildman–Crippen LogP) is 2.89. The van der Waals surface area contributed by atoms with Crippen molar-refractivity contribution in [3.05, 3.63) is 40.4 Å². The van der Waals surface area contributed by atoms with Crippen LogP contribution in [0, 0.1) is 10.1 Å². The van der Waals surface area contributed by atoms with Gasteiger partial charge in [-0.15, -0.1) is 0 Å². The summed E-state index contributed by atoms with van der Waals surface area (Å²) in [6, 6.07) is 7.93. The summed E-state index contributed by atoms with van der Waals surface area (Å²) < 4.78 is 39.0. The second-order valence-corrected chi connectivity index (χ2v) is 2.09. The third-order valence-corrected chi connectivity index (χ3v) is 0.967. The molecule has 0 aliphatic rings. The average molecular weight is 210 g/mol. The van der Waals surface area contributed by atoms with Crippen LogP contribution >= 0.6 is 0 Å². The van der Waals surface area contributed by atoms with Gasteiger partial charge >= 0.3 is 7.25 Å². The lowest BCUT2D eigenvalue weighted by atomic mass is 10.3. The first kappa shape index (κ1) is 12.4. The lowest BCUT2D eigenvalue weighted by Crippen LogP contribution is -2.02. The summed E-state index contributed by atoms with van der Waals surface area (Å²) in [4.78, 5) is 9.59. The molecule has 0 spiro atoms. The Labute approximate surface area is 76.6 Å². The number of nitrogens with zero attached hydrogens (tertiary/aromatic N) is 1. The van der Waals surface area contributed by atoms with Crippen molar-refractivity contribution in [1.82, 2.24) is 0 Å². The van der Waals surface area contributed by atoms with Crippen LogP contribution in [0.25, 0.3) is 0 Å². The summed E-state index contributed by atoms with van der Waals surface area (Å²) >= 11 is 0. The van der Waals surface area contributed by atoms with Gasteiger partial charge in [0.25, 0.3) is 5.69 Å². The summed E-state index contributed by atoms with van der Waals surface area (Å²) in [5.41, 5.74) is 0.137. The SMILES string of the molecule is F[B-](F)(F)F.O=[N+]([O-])c1ccccc1. The Morgan fingerprint density at radius 2 is 1.43 bits per heavy atom. The molecule has 3 nitrogen and oxygen atoms in total. The first-order chi connectivity index (χ1) is 6.30. The zero-order valence-electron chi connectivity index (χ0n) is 6.74. The molecule has 8 heteroatoms. The molecule has 0 heterocycles. The summed E-state index contributed by atoms with van der Waals surface area (Å²) in [7, 11) is -6.00. The minimum Gasteiger partial charge on any atom is -0.418 e. The van der Waals surface area contributed by atoms with Crippen LogP contribution in [0.2, 0.25) is 0 Å². The second-order valence-electron chi connectivity index (χ2n) is 2.09. The smallest absolute Gasteiger partial charge is 0.418 e. The molecule has 0 saturated heterocycles. The fraction of sp³-hybridized carbons (Fsp3) is 0. The largest absolute Gasteiger partial charge is 0.673 e. The van der Waals surface area contributed by atoms with E-state index in [1.807, 2.05) is 0 Å². The van der Waals surface area contributed by atoms with Gasteiger partial charge in [0.1, 0.15) is 0 Å². The van der Waals surface area contributed by atoms with E-state index < -0.39 is 12.2 Å². The van der Waals surface area contributed by atoms with Crippen LogP contribution in [0.15, 0.2) is 30.3 Å². The van der Waals surface area contributed by atoms with E-state index in [0.717, 1.165) is 0 Å². The third kappa shape index (κ3) is 8.50. The Kier molecular flexibility index (Phi) is 4.61. The molecule has 1 aromatic carbocycles. The summed E-state index contributed by atoms with van der Waals surface area (Å²) in [5, 5.41) is 10.0. The highest BCUT2D eigenvalue weighted by Crippen LogP contribution is 2.07. The van der Waals surface area contributed by atoms with Gasteiger partial charge in [-0.3, -0.25) is 10.1 Å². The van der Waals surface area contributed by atoms with Crippen LogP contribution in [-0.2, 0) is 0 Å². The van der Waals surface area contributed by atoms with Crippen LogP contribution in [0.1, 0.15) is 0 Å². The first-order valence-corrected chi connectivity index (χ1v) is 3.37. The standard InChI is InChI=1S/C6H5NO2.BF4/c8-7(9)6-4-2-1-3-5-6;2-1(3,4)5/h1-5H;/q;-1. The minimum atomic E-state index is -6.00. The van der Waals surface area contributed by atoms with Gasteiger partial charge in [-0.05, 0) is 0 Å². The molecule has 0 fully saturated rings. The molecule has 0 N–H and O–H groups in total. The Morgan fingerprint density at radius 3 is 1.64 bits per heavy atom.